The van der Waals surface area contributed by atoms with Crippen molar-refractivity contribution in [2.24, 2.45) is 0 Å². The van der Waals surface area contributed by atoms with E-state index in [1.165, 1.54) is 6.07 Å². The lowest BCUT2D eigenvalue weighted by Crippen LogP contribution is -2.30. The maximum absolute atomic E-state index is 12.1. The highest BCUT2D eigenvalue weighted by Gasteiger charge is 2.22. The molecular weight excluding hydrogens is 259 g/mol. The Morgan fingerprint density at radius 2 is 2.00 bits per heavy atom. The molecule has 0 fully saturated rings. The lowest BCUT2D eigenvalue weighted by molar-refractivity contribution is 0.0522. The first kappa shape index (κ1) is 14.6. The van der Waals surface area contributed by atoms with Gasteiger partial charge in [0, 0.05) is 5.39 Å². The summed E-state index contributed by atoms with van der Waals surface area (Å²) in [6.07, 6.45) is -0.597. The molecule has 0 bridgehead atoms. The molecule has 0 aliphatic heterocycles. The van der Waals surface area contributed by atoms with Crippen LogP contribution in [0.2, 0.25) is 0 Å². The largest absolute Gasteiger partial charge is 0.488 e. The van der Waals surface area contributed by atoms with Crippen LogP contribution in [-0.2, 0) is 4.74 Å². The number of rotatable bonds is 1. The number of ether oxygens (including phenoxy) is 1. The fourth-order valence-corrected chi connectivity index (χ4v) is 1.89. The minimum Gasteiger partial charge on any atom is -0.442 e. The van der Waals surface area contributed by atoms with E-state index in [0.717, 1.165) is 10.1 Å². The molecule has 0 amide bonds. The first-order valence-electron chi connectivity index (χ1n) is 6.28. The Morgan fingerprint density at radius 1 is 1.35 bits per heavy atom. The number of hydrogen-bond donors (Lipinski definition) is 2. The molecule has 1 heterocycles. The predicted molar refractivity (Wildman–Crippen MR) is 75.9 cm³/mol. The molecule has 0 unspecified atom stereocenters. The number of nitrogens with zero attached hydrogens (tertiary/aromatic N) is 2. The Bertz CT molecular complexity index is 658. The first-order valence-corrected chi connectivity index (χ1v) is 6.28. The predicted octanol–water partition coefficient (Wildman–Crippen LogP) is 0.808. The van der Waals surface area contributed by atoms with Crippen molar-refractivity contribution in [3.05, 3.63) is 23.9 Å². The van der Waals surface area contributed by atoms with Gasteiger partial charge in [-0.15, -0.1) is 0 Å². The van der Waals surface area contributed by atoms with Gasteiger partial charge in [-0.3, -0.25) is 0 Å². The molecule has 0 saturated heterocycles. The van der Waals surface area contributed by atoms with Gasteiger partial charge < -0.3 is 14.8 Å². The summed E-state index contributed by atoms with van der Waals surface area (Å²) in [6.45, 7) is 7.09. The molecule has 2 aromatic rings. The van der Waals surface area contributed by atoms with Crippen LogP contribution in [0.5, 0.6) is 0 Å². The van der Waals surface area contributed by atoms with Crippen molar-refractivity contribution in [1.29, 1.82) is 0 Å². The fraction of sp³-hybridized carbons (Fsp3) is 0.385. The van der Waals surface area contributed by atoms with Gasteiger partial charge in [0.05, 0.1) is 11.2 Å². The maximum Gasteiger partial charge on any atom is 0.488 e. The summed E-state index contributed by atoms with van der Waals surface area (Å²) in [6, 6.07) is 4.80. The Balaban J connectivity index is 2.53. The van der Waals surface area contributed by atoms with Crippen LogP contribution >= 0.6 is 0 Å². The third kappa shape index (κ3) is 2.83. The lowest BCUT2D eigenvalue weighted by Gasteiger charge is -2.19. The fourth-order valence-electron chi connectivity index (χ4n) is 1.89. The zero-order chi connectivity index (χ0) is 15.1. The minimum absolute atomic E-state index is 0.294. The van der Waals surface area contributed by atoms with Gasteiger partial charge >= 0.3 is 13.2 Å². The highest BCUT2D eigenvalue weighted by atomic mass is 16.6. The van der Waals surface area contributed by atoms with Crippen LogP contribution < -0.4 is 5.46 Å². The number of fused-ring (bicyclic) bond motifs is 1. The van der Waals surface area contributed by atoms with Crippen molar-refractivity contribution < 1.29 is 19.6 Å². The Labute approximate surface area is 117 Å². The molecule has 106 valence electrons. The monoisotopic (exact) mass is 276 g/mol. The van der Waals surface area contributed by atoms with E-state index in [0.29, 0.717) is 16.7 Å². The molecule has 0 saturated carbocycles. The number of aromatic nitrogens is 2. The molecule has 2 N–H and O–H groups in total. The minimum atomic E-state index is -1.60. The summed E-state index contributed by atoms with van der Waals surface area (Å²) in [7, 11) is -1.60. The average molecular weight is 276 g/mol. The maximum atomic E-state index is 12.1. The highest BCUT2D eigenvalue weighted by molar-refractivity contribution is 6.58. The quantitative estimate of drug-likeness (QED) is 0.753. The molecule has 0 spiro atoms. The topological polar surface area (TPSA) is 84.6 Å². The van der Waals surface area contributed by atoms with Crippen molar-refractivity contribution >= 4 is 29.6 Å². The molecule has 0 aliphatic carbocycles. The third-order valence-electron chi connectivity index (χ3n) is 2.75. The number of benzene rings is 1. The number of hydrogen-bond acceptors (Lipinski definition) is 5. The van der Waals surface area contributed by atoms with Gasteiger partial charge in [0.1, 0.15) is 5.60 Å². The first-order chi connectivity index (χ1) is 9.19. The second-order valence-corrected chi connectivity index (χ2v) is 5.63. The van der Waals surface area contributed by atoms with Crippen molar-refractivity contribution in [3.8, 4) is 0 Å². The van der Waals surface area contributed by atoms with E-state index in [1.54, 1.807) is 39.8 Å². The third-order valence-corrected chi connectivity index (χ3v) is 2.75. The Hall–Kier alpha value is -1.86. The van der Waals surface area contributed by atoms with E-state index in [-0.39, 0.29) is 0 Å². The zero-order valence-electron chi connectivity index (χ0n) is 11.9. The summed E-state index contributed by atoms with van der Waals surface area (Å²) in [5.74, 6) is 0. The number of carbonyl (C=O) groups excluding carboxylic acids is 1. The van der Waals surface area contributed by atoms with Crippen LogP contribution in [-0.4, -0.2) is 38.6 Å². The van der Waals surface area contributed by atoms with Crippen LogP contribution in [0.1, 0.15) is 26.5 Å². The summed E-state index contributed by atoms with van der Waals surface area (Å²) >= 11 is 0. The average Bonchev–Trinajstić information content (AvgIpc) is 2.64. The van der Waals surface area contributed by atoms with Crippen molar-refractivity contribution in [1.82, 2.24) is 9.78 Å². The van der Waals surface area contributed by atoms with Gasteiger partial charge in [0.25, 0.3) is 0 Å². The van der Waals surface area contributed by atoms with Gasteiger partial charge in [-0.2, -0.15) is 9.78 Å². The van der Waals surface area contributed by atoms with Crippen LogP contribution in [0.15, 0.2) is 18.2 Å². The van der Waals surface area contributed by atoms with E-state index in [9.17, 15) is 14.8 Å². The molecule has 6 nitrogen and oxygen atoms in total. The summed E-state index contributed by atoms with van der Waals surface area (Å²) in [5, 5.41) is 23.3. The molecule has 0 atom stereocenters. The Kier molecular flexibility index (Phi) is 3.58. The highest BCUT2D eigenvalue weighted by Crippen LogP contribution is 2.18. The molecular formula is C13H17BN2O4. The molecule has 0 radical (unpaired) electrons. The van der Waals surface area contributed by atoms with E-state index >= 15 is 0 Å². The summed E-state index contributed by atoms with van der Waals surface area (Å²) < 4.78 is 6.42. The number of carbonyl (C=O) groups is 1. The van der Waals surface area contributed by atoms with E-state index < -0.39 is 18.8 Å². The van der Waals surface area contributed by atoms with Gasteiger partial charge in [-0.05, 0) is 39.2 Å². The Morgan fingerprint density at radius 3 is 2.55 bits per heavy atom. The van der Waals surface area contributed by atoms with Crippen molar-refractivity contribution in [2.45, 2.75) is 33.3 Å². The van der Waals surface area contributed by atoms with Gasteiger partial charge in [-0.1, -0.05) is 12.1 Å². The summed E-state index contributed by atoms with van der Waals surface area (Å²) in [4.78, 5) is 12.1. The second-order valence-electron chi connectivity index (χ2n) is 5.63. The van der Waals surface area contributed by atoms with E-state index in [1.807, 2.05) is 0 Å². The van der Waals surface area contributed by atoms with E-state index in [2.05, 4.69) is 5.10 Å². The van der Waals surface area contributed by atoms with Crippen molar-refractivity contribution in [3.63, 3.8) is 0 Å². The SMILES string of the molecule is Cc1nn(C(=O)OC(C)(C)C)c2cc(B(O)O)ccc12. The van der Waals surface area contributed by atoms with Crippen LogP contribution in [0.3, 0.4) is 0 Å². The van der Waals surface area contributed by atoms with Crippen LogP contribution in [0.25, 0.3) is 10.9 Å². The molecule has 1 aromatic heterocycles. The standard InChI is InChI=1S/C13H17BN2O4/c1-8-10-6-5-9(14(18)19)7-11(10)16(15-8)12(17)20-13(2,3)4/h5-7,18-19H,1-4H3. The van der Waals surface area contributed by atoms with Gasteiger partial charge in [0.15, 0.2) is 0 Å². The van der Waals surface area contributed by atoms with Gasteiger partial charge in [-0.25, -0.2) is 4.79 Å². The molecule has 2 rings (SSSR count). The van der Waals surface area contributed by atoms with E-state index in [4.69, 9.17) is 4.74 Å². The van der Waals surface area contributed by atoms with Crippen molar-refractivity contribution in [2.75, 3.05) is 0 Å². The smallest absolute Gasteiger partial charge is 0.442 e. The number of aryl methyl sites for hydroxylation is 1. The molecule has 7 heteroatoms. The molecule has 20 heavy (non-hydrogen) atoms. The van der Waals surface area contributed by atoms with Crippen LogP contribution in [0, 0.1) is 6.92 Å². The normalized spacial score (nSPS) is 11.7. The summed E-state index contributed by atoms with van der Waals surface area (Å²) in [5.41, 5.74) is 0.826. The molecule has 1 aromatic carbocycles. The molecule has 0 aliphatic rings. The second kappa shape index (κ2) is 4.92. The van der Waals surface area contributed by atoms with Crippen LogP contribution in [0.4, 0.5) is 4.79 Å². The zero-order valence-corrected chi connectivity index (χ0v) is 11.9. The van der Waals surface area contributed by atoms with Gasteiger partial charge in [0.2, 0.25) is 0 Å². The lowest BCUT2D eigenvalue weighted by atomic mass is 9.80.